The predicted molar refractivity (Wildman–Crippen MR) is 71.7 cm³/mol. The van der Waals surface area contributed by atoms with Crippen LogP contribution in [0.25, 0.3) is 0 Å². The van der Waals surface area contributed by atoms with E-state index in [4.69, 9.17) is 5.11 Å². The summed E-state index contributed by atoms with van der Waals surface area (Å²) in [6.07, 6.45) is 7.18. The van der Waals surface area contributed by atoms with Crippen molar-refractivity contribution in [3.05, 3.63) is 0 Å². The molecule has 4 nitrogen and oxygen atoms in total. The number of likely N-dealkylation sites (tertiary alicyclic amines) is 2. The first kappa shape index (κ1) is 13.8. The lowest BCUT2D eigenvalue weighted by Crippen LogP contribution is -2.40. The number of nitrogens with zero attached hydrogens (tertiary/aromatic N) is 2. The Morgan fingerprint density at radius 2 is 1.67 bits per heavy atom. The van der Waals surface area contributed by atoms with Gasteiger partial charge in [0.1, 0.15) is 0 Å². The number of carboxylic acid groups (broad SMARTS) is 1. The van der Waals surface area contributed by atoms with Gasteiger partial charge in [0.05, 0.1) is 5.92 Å². The standard InChI is InChI=1S/C14H26N2O2/c17-14(18)13-6-4-9-16(12-13)11-5-10-15-7-2-1-3-8-15/h13H,1-12H2,(H,17,18). The summed E-state index contributed by atoms with van der Waals surface area (Å²) < 4.78 is 0. The van der Waals surface area contributed by atoms with Crippen LogP contribution >= 0.6 is 0 Å². The maximum Gasteiger partial charge on any atom is 0.307 e. The number of carboxylic acids is 1. The molecule has 4 heteroatoms. The van der Waals surface area contributed by atoms with Crippen LogP contribution in [0.4, 0.5) is 0 Å². The maximum atomic E-state index is 11.0. The molecule has 0 aromatic carbocycles. The van der Waals surface area contributed by atoms with Crippen LogP contribution in [-0.2, 0) is 4.79 Å². The van der Waals surface area contributed by atoms with Gasteiger partial charge in [-0.05, 0) is 64.8 Å². The van der Waals surface area contributed by atoms with Crippen molar-refractivity contribution >= 4 is 5.97 Å². The molecule has 1 N–H and O–H groups in total. The first-order valence-corrected chi connectivity index (χ1v) is 7.43. The Morgan fingerprint density at radius 1 is 1.00 bits per heavy atom. The molecule has 0 aliphatic carbocycles. The van der Waals surface area contributed by atoms with Gasteiger partial charge < -0.3 is 14.9 Å². The van der Waals surface area contributed by atoms with E-state index in [-0.39, 0.29) is 5.92 Å². The molecule has 0 aromatic rings. The van der Waals surface area contributed by atoms with Crippen molar-refractivity contribution in [3.63, 3.8) is 0 Å². The topological polar surface area (TPSA) is 43.8 Å². The smallest absolute Gasteiger partial charge is 0.307 e. The van der Waals surface area contributed by atoms with Gasteiger partial charge in [-0.2, -0.15) is 0 Å². The fourth-order valence-electron chi connectivity index (χ4n) is 3.16. The lowest BCUT2D eigenvalue weighted by atomic mass is 9.98. The highest BCUT2D eigenvalue weighted by Gasteiger charge is 2.24. The molecule has 0 spiro atoms. The minimum Gasteiger partial charge on any atom is -0.481 e. The minimum absolute atomic E-state index is 0.131. The molecule has 2 aliphatic heterocycles. The molecule has 104 valence electrons. The van der Waals surface area contributed by atoms with Crippen molar-refractivity contribution in [1.82, 2.24) is 9.80 Å². The van der Waals surface area contributed by atoms with E-state index in [1.54, 1.807) is 0 Å². The third kappa shape index (κ3) is 4.25. The number of hydrogen-bond donors (Lipinski definition) is 1. The molecular formula is C14H26N2O2. The second-order valence-corrected chi connectivity index (χ2v) is 5.73. The van der Waals surface area contributed by atoms with Gasteiger partial charge >= 0.3 is 5.97 Å². The molecule has 18 heavy (non-hydrogen) atoms. The van der Waals surface area contributed by atoms with Crippen LogP contribution in [0.2, 0.25) is 0 Å². The Hall–Kier alpha value is -0.610. The summed E-state index contributed by atoms with van der Waals surface area (Å²) in [7, 11) is 0. The zero-order valence-corrected chi connectivity index (χ0v) is 11.3. The Labute approximate surface area is 110 Å². The van der Waals surface area contributed by atoms with Crippen LogP contribution in [-0.4, -0.2) is 60.1 Å². The zero-order valence-electron chi connectivity index (χ0n) is 11.3. The molecule has 2 fully saturated rings. The molecule has 0 radical (unpaired) electrons. The fraction of sp³-hybridized carbons (Fsp3) is 0.929. The van der Waals surface area contributed by atoms with E-state index in [9.17, 15) is 4.79 Å². The van der Waals surface area contributed by atoms with Gasteiger partial charge in [-0.3, -0.25) is 4.79 Å². The first-order valence-electron chi connectivity index (χ1n) is 7.43. The molecule has 0 saturated carbocycles. The van der Waals surface area contributed by atoms with Crippen molar-refractivity contribution in [2.75, 3.05) is 39.3 Å². The molecule has 1 atom stereocenters. The van der Waals surface area contributed by atoms with Crippen molar-refractivity contribution in [3.8, 4) is 0 Å². The van der Waals surface area contributed by atoms with Crippen LogP contribution in [0, 0.1) is 5.92 Å². The normalized spacial score (nSPS) is 27.2. The van der Waals surface area contributed by atoms with E-state index < -0.39 is 5.97 Å². The van der Waals surface area contributed by atoms with Crippen LogP contribution in [0.5, 0.6) is 0 Å². The van der Waals surface area contributed by atoms with Crippen LogP contribution in [0.3, 0.4) is 0 Å². The van der Waals surface area contributed by atoms with Gasteiger partial charge in [-0.1, -0.05) is 6.42 Å². The quantitative estimate of drug-likeness (QED) is 0.810. The van der Waals surface area contributed by atoms with Gasteiger partial charge in [0, 0.05) is 6.54 Å². The molecule has 0 amide bonds. The van der Waals surface area contributed by atoms with Crippen molar-refractivity contribution in [2.45, 2.75) is 38.5 Å². The van der Waals surface area contributed by atoms with Gasteiger partial charge in [0.25, 0.3) is 0 Å². The van der Waals surface area contributed by atoms with E-state index in [0.717, 1.165) is 32.5 Å². The van der Waals surface area contributed by atoms with E-state index in [1.165, 1.54) is 45.3 Å². The number of hydrogen-bond acceptors (Lipinski definition) is 3. The third-order valence-electron chi connectivity index (χ3n) is 4.25. The highest BCUT2D eigenvalue weighted by Crippen LogP contribution is 2.17. The number of rotatable bonds is 5. The molecular weight excluding hydrogens is 228 g/mol. The lowest BCUT2D eigenvalue weighted by Gasteiger charge is -2.32. The average Bonchev–Trinajstić information content (AvgIpc) is 2.40. The minimum atomic E-state index is -0.615. The summed E-state index contributed by atoms with van der Waals surface area (Å²) in [5, 5.41) is 9.05. The second kappa shape index (κ2) is 7.10. The Morgan fingerprint density at radius 3 is 2.39 bits per heavy atom. The Kier molecular flexibility index (Phi) is 5.45. The number of piperidine rings is 2. The number of aliphatic carboxylic acids is 1. The van der Waals surface area contributed by atoms with E-state index in [0.29, 0.717) is 0 Å². The average molecular weight is 254 g/mol. The molecule has 2 saturated heterocycles. The monoisotopic (exact) mass is 254 g/mol. The SMILES string of the molecule is O=C(O)C1CCCN(CCCN2CCCCC2)C1. The summed E-state index contributed by atoms with van der Waals surface area (Å²) in [4.78, 5) is 15.9. The van der Waals surface area contributed by atoms with Gasteiger partial charge in [-0.15, -0.1) is 0 Å². The van der Waals surface area contributed by atoms with Crippen molar-refractivity contribution in [2.24, 2.45) is 5.92 Å². The van der Waals surface area contributed by atoms with Crippen LogP contribution in [0.1, 0.15) is 38.5 Å². The van der Waals surface area contributed by atoms with Gasteiger partial charge in [-0.25, -0.2) is 0 Å². The summed E-state index contributed by atoms with van der Waals surface area (Å²) >= 11 is 0. The maximum absolute atomic E-state index is 11.0. The number of carbonyl (C=O) groups is 1. The van der Waals surface area contributed by atoms with E-state index >= 15 is 0 Å². The third-order valence-corrected chi connectivity index (χ3v) is 4.25. The Bertz CT molecular complexity index is 265. The molecule has 0 aromatic heterocycles. The fourth-order valence-corrected chi connectivity index (χ4v) is 3.16. The summed E-state index contributed by atoms with van der Waals surface area (Å²) in [6, 6.07) is 0. The summed E-state index contributed by atoms with van der Waals surface area (Å²) in [5.74, 6) is -0.746. The molecule has 2 aliphatic rings. The van der Waals surface area contributed by atoms with Crippen LogP contribution < -0.4 is 0 Å². The van der Waals surface area contributed by atoms with E-state index in [1.807, 2.05) is 0 Å². The lowest BCUT2D eigenvalue weighted by molar-refractivity contribution is -0.143. The van der Waals surface area contributed by atoms with Gasteiger partial charge in [0.2, 0.25) is 0 Å². The highest BCUT2D eigenvalue weighted by atomic mass is 16.4. The molecule has 0 bridgehead atoms. The van der Waals surface area contributed by atoms with Gasteiger partial charge in [0.15, 0.2) is 0 Å². The summed E-state index contributed by atoms with van der Waals surface area (Å²) in [5.41, 5.74) is 0. The summed E-state index contributed by atoms with van der Waals surface area (Å²) in [6.45, 7) is 6.63. The van der Waals surface area contributed by atoms with Crippen LogP contribution in [0.15, 0.2) is 0 Å². The molecule has 2 heterocycles. The van der Waals surface area contributed by atoms with Crippen molar-refractivity contribution in [1.29, 1.82) is 0 Å². The largest absolute Gasteiger partial charge is 0.481 e. The van der Waals surface area contributed by atoms with Crippen molar-refractivity contribution < 1.29 is 9.90 Å². The zero-order chi connectivity index (χ0) is 12.8. The second-order valence-electron chi connectivity index (χ2n) is 5.73. The first-order chi connectivity index (χ1) is 8.75. The Balaban J connectivity index is 1.62. The predicted octanol–water partition coefficient (Wildman–Crippen LogP) is 1.66. The molecule has 2 rings (SSSR count). The van der Waals surface area contributed by atoms with E-state index in [2.05, 4.69) is 9.80 Å². The highest BCUT2D eigenvalue weighted by molar-refractivity contribution is 5.70. The molecule has 1 unspecified atom stereocenters.